The van der Waals surface area contributed by atoms with Crippen molar-refractivity contribution in [1.29, 1.82) is 5.26 Å². The number of benzene rings is 1. The zero-order chi connectivity index (χ0) is 18.5. The molecule has 134 valence electrons. The largest absolute Gasteiger partial charge is 0.338 e. The van der Waals surface area contributed by atoms with Crippen molar-refractivity contribution < 1.29 is 4.79 Å². The fourth-order valence-corrected chi connectivity index (χ4v) is 3.08. The van der Waals surface area contributed by atoms with Crippen LogP contribution in [0.4, 0.5) is 11.6 Å². The molecule has 0 saturated carbocycles. The fraction of sp³-hybridized carbons (Fsp3) is 0.333. The van der Waals surface area contributed by atoms with E-state index in [4.69, 9.17) is 16.9 Å². The lowest BCUT2D eigenvalue weighted by Gasteiger charge is -2.37. The minimum atomic E-state index is -0.275. The standard InChI is InChI=1S/C18H19ClN6O/c1-13(17(26)23-15-4-3-14(12-20)16(19)11-15)24-7-9-25(10-8-24)18-21-5-2-6-22-18/h2-6,11,13H,7-10H2,1H3,(H,23,26)/t13-/m0/s1. The van der Waals surface area contributed by atoms with Crippen molar-refractivity contribution >= 4 is 29.1 Å². The van der Waals surface area contributed by atoms with E-state index in [0.29, 0.717) is 16.3 Å². The predicted octanol–water partition coefficient (Wildman–Crippen LogP) is 2.15. The highest BCUT2D eigenvalue weighted by atomic mass is 35.5. The third kappa shape index (κ3) is 4.10. The summed E-state index contributed by atoms with van der Waals surface area (Å²) in [5.41, 5.74) is 0.971. The first-order valence-electron chi connectivity index (χ1n) is 8.35. The van der Waals surface area contributed by atoms with Gasteiger partial charge in [-0.3, -0.25) is 9.69 Å². The molecule has 0 spiro atoms. The van der Waals surface area contributed by atoms with E-state index < -0.39 is 0 Å². The Morgan fingerprint density at radius 1 is 1.27 bits per heavy atom. The molecule has 2 aromatic rings. The summed E-state index contributed by atoms with van der Waals surface area (Å²) >= 11 is 6.01. The van der Waals surface area contributed by atoms with Gasteiger partial charge in [-0.05, 0) is 31.2 Å². The van der Waals surface area contributed by atoms with Crippen LogP contribution in [0.25, 0.3) is 0 Å². The van der Waals surface area contributed by atoms with E-state index in [1.807, 2.05) is 13.0 Å². The highest BCUT2D eigenvalue weighted by Crippen LogP contribution is 2.21. The molecule has 1 amide bonds. The van der Waals surface area contributed by atoms with Crippen molar-refractivity contribution in [3.8, 4) is 6.07 Å². The van der Waals surface area contributed by atoms with Crippen LogP contribution in [0.3, 0.4) is 0 Å². The molecule has 3 rings (SSSR count). The summed E-state index contributed by atoms with van der Waals surface area (Å²) in [5, 5.41) is 12.1. The summed E-state index contributed by atoms with van der Waals surface area (Å²) in [4.78, 5) is 25.3. The number of aromatic nitrogens is 2. The normalized spacial score (nSPS) is 16.0. The number of piperazine rings is 1. The minimum absolute atomic E-state index is 0.102. The molecule has 1 N–H and O–H groups in total. The number of halogens is 1. The Hall–Kier alpha value is -2.69. The van der Waals surface area contributed by atoms with Crippen LogP contribution in [0.1, 0.15) is 12.5 Å². The first-order valence-corrected chi connectivity index (χ1v) is 8.73. The van der Waals surface area contributed by atoms with E-state index in [-0.39, 0.29) is 11.9 Å². The van der Waals surface area contributed by atoms with Crippen LogP contribution < -0.4 is 10.2 Å². The summed E-state index contributed by atoms with van der Waals surface area (Å²) in [6, 6.07) is 8.39. The molecule has 1 atom stereocenters. The molecule has 0 radical (unpaired) electrons. The number of hydrogen-bond acceptors (Lipinski definition) is 6. The first-order chi connectivity index (χ1) is 12.6. The molecule has 7 nitrogen and oxygen atoms in total. The second-order valence-corrected chi connectivity index (χ2v) is 6.45. The highest BCUT2D eigenvalue weighted by molar-refractivity contribution is 6.32. The Kier molecular flexibility index (Phi) is 5.66. The van der Waals surface area contributed by atoms with Gasteiger partial charge in [-0.25, -0.2) is 9.97 Å². The molecule has 2 heterocycles. The zero-order valence-corrected chi connectivity index (χ0v) is 15.1. The zero-order valence-electron chi connectivity index (χ0n) is 14.4. The van der Waals surface area contributed by atoms with Crippen molar-refractivity contribution in [1.82, 2.24) is 14.9 Å². The topological polar surface area (TPSA) is 85.2 Å². The molecular weight excluding hydrogens is 352 g/mol. The third-order valence-corrected chi connectivity index (χ3v) is 4.75. The van der Waals surface area contributed by atoms with E-state index in [1.165, 1.54) is 0 Å². The maximum atomic E-state index is 12.5. The minimum Gasteiger partial charge on any atom is -0.338 e. The van der Waals surface area contributed by atoms with Gasteiger partial charge in [0.05, 0.1) is 16.6 Å². The molecule has 0 unspecified atom stereocenters. The van der Waals surface area contributed by atoms with Gasteiger partial charge in [0.15, 0.2) is 0 Å². The lowest BCUT2D eigenvalue weighted by molar-refractivity contribution is -0.120. The third-order valence-electron chi connectivity index (χ3n) is 4.43. The molecule has 26 heavy (non-hydrogen) atoms. The number of nitriles is 1. The average molecular weight is 371 g/mol. The first kappa shape index (κ1) is 18.1. The van der Waals surface area contributed by atoms with Crippen LogP contribution in [0.2, 0.25) is 5.02 Å². The van der Waals surface area contributed by atoms with Gasteiger partial charge < -0.3 is 10.2 Å². The summed E-state index contributed by atoms with van der Waals surface area (Å²) in [5.74, 6) is 0.617. The fourth-order valence-electron chi connectivity index (χ4n) is 2.86. The summed E-state index contributed by atoms with van der Waals surface area (Å²) in [6.07, 6.45) is 3.46. The Morgan fingerprint density at radius 2 is 1.96 bits per heavy atom. The SMILES string of the molecule is C[C@@H](C(=O)Nc1ccc(C#N)c(Cl)c1)N1CCN(c2ncccn2)CC1. The van der Waals surface area contributed by atoms with Gasteiger partial charge in [0.25, 0.3) is 0 Å². The Balaban J connectivity index is 1.56. The molecule has 8 heteroatoms. The second kappa shape index (κ2) is 8.13. The van der Waals surface area contributed by atoms with Gasteiger partial charge in [0.2, 0.25) is 11.9 Å². The van der Waals surface area contributed by atoms with Crippen LogP contribution in [0.5, 0.6) is 0 Å². The van der Waals surface area contributed by atoms with Gasteiger partial charge in [0.1, 0.15) is 6.07 Å². The molecule has 0 aliphatic carbocycles. The Morgan fingerprint density at radius 3 is 2.58 bits per heavy atom. The maximum Gasteiger partial charge on any atom is 0.241 e. The molecular formula is C18H19ClN6O. The lowest BCUT2D eigenvalue weighted by Crippen LogP contribution is -2.53. The number of hydrogen-bond donors (Lipinski definition) is 1. The molecule has 1 aliphatic heterocycles. The predicted molar refractivity (Wildman–Crippen MR) is 100 cm³/mol. The second-order valence-electron chi connectivity index (χ2n) is 6.04. The van der Waals surface area contributed by atoms with E-state index in [2.05, 4.69) is 25.1 Å². The monoisotopic (exact) mass is 370 g/mol. The number of carbonyl (C=O) groups is 1. The van der Waals surface area contributed by atoms with Crippen LogP contribution in [-0.2, 0) is 4.79 Å². The highest BCUT2D eigenvalue weighted by Gasteiger charge is 2.26. The van der Waals surface area contributed by atoms with Gasteiger partial charge in [-0.15, -0.1) is 0 Å². The maximum absolute atomic E-state index is 12.5. The molecule has 1 saturated heterocycles. The van der Waals surface area contributed by atoms with E-state index in [1.54, 1.807) is 36.7 Å². The summed E-state index contributed by atoms with van der Waals surface area (Å²) in [6.45, 7) is 4.92. The van der Waals surface area contributed by atoms with Crippen LogP contribution in [-0.4, -0.2) is 53.0 Å². The molecule has 1 fully saturated rings. The van der Waals surface area contributed by atoms with E-state index in [9.17, 15) is 4.79 Å². The number of anilines is 2. The molecule has 1 aromatic heterocycles. The van der Waals surface area contributed by atoms with Crippen molar-refractivity contribution in [3.05, 3.63) is 47.2 Å². The molecule has 1 aromatic carbocycles. The molecule has 0 bridgehead atoms. The summed E-state index contributed by atoms with van der Waals surface area (Å²) < 4.78 is 0. The van der Waals surface area contributed by atoms with Crippen molar-refractivity contribution in [2.24, 2.45) is 0 Å². The summed E-state index contributed by atoms with van der Waals surface area (Å²) in [7, 11) is 0. The smallest absolute Gasteiger partial charge is 0.241 e. The van der Waals surface area contributed by atoms with Gasteiger partial charge >= 0.3 is 0 Å². The van der Waals surface area contributed by atoms with Crippen LogP contribution in [0.15, 0.2) is 36.7 Å². The van der Waals surface area contributed by atoms with E-state index >= 15 is 0 Å². The van der Waals surface area contributed by atoms with Crippen molar-refractivity contribution in [2.75, 3.05) is 36.4 Å². The quantitative estimate of drug-likeness (QED) is 0.887. The molecule has 1 aliphatic rings. The van der Waals surface area contributed by atoms with Gasteiger partial charge in [-0.1, -0.05) is 11.6 Å². The van der Waals surface area contributed by atoms with Gasteiger partial charge in [-0.2, -0.15) is 5.26 Å². The average Bonchev–Trinajstić information content (AvgIpc) is 2.68. The Labute approximate surface area is 157 Å². The Bertz CT molecular complexity index is 814. The number of carbonyl (C=O) groups excluding carboxylic acids is 1. The number of nitrogens with one attached hydrogen (secondary N) is 1. The van der Waals surface area contributed by atoms with E-state index in [0.717, 1.165) is 32.1 Å². The number of rotatable bonds is 4. The van der Waals surface area contributed by atoms with Crippen molar-refractivity contribution in [3.63, 3.8) is 0 Å². The number of amides is 1. The van der Waals surface area contributed by atoms with Crippen LogP contribution >= 0.6 is 11.6 Å². The number of nitrogens with zero attached hydrogens (tertiary/aromatic N) is 5. The van der Waals surface area contributed by atoms with Gasteiger partial charge in [0, 0.05) is 44.3 Å². The van der Waals surface area contributed by atoms with Crippen LogP contribution in [0, 0.1) is 11.3 Å². The lowest BCUT2D eigenvalue weighted by atomic mass is 10.2. The van der Waals surface area contributed by atoms with Crippen molar-refractivity contribution in [2.45, 2.75) is 13.0 Å².